The topological polar surface area (TPSA) is 81.7 Å². The van der Waals surface area contributed by atoms with Gasteiger partial charge in [0.2, 0.25) is 0 Å². The fourth-order valence-corrected chi connectivity index (χ4v) is 2.98. The van der Waals surface area contributed by atoms with Gasteiger partial charge in [-0.3, -0.25) is 4.79 Å². The molecule has 1 aliphatic rings. The number of carbonyl (C=O) groups is 2. The van der Waals surface area contributed by atoms with Crippen molar-refractivity contribution >= 4 is 23.4 Å². The van der Waals surface area contributed by atoms with E-state index in [2.05, 4.69) is 15.5 Å². The van der Waals surface area contributed by atoms with Gasteiger partial charge in [-0.05, 0) is 42.7 Å². The summed E-state index contributed by atoms with van der Waals surface area (Å²) >= 11 is 0. The number of hydrogen-bond donors (Lipinski definition) is 3. The van der Waals surface area contributed by atoms with E-state index >= 15 is 0 Å². The summed E-state index contributed by atoms with van der Waals surface area (Å²) in [5, 5.41) is 13.8. The predicted molar refractivity (Wildman–Crippen MR) is 97.1 cm³/mol. The molecule has 0 aliphatic carbocycles. The zero-order valence-corrected chi connectivity index (χ0v) is 13.9. The molecule has 2 aromatic rings. The molecule has 130 valence electrons. The summed E-state index contributed by atoms with van der Waals surface area (Å²) in [5.74, 6) is -0.140. The molecular weight excluding hydrogens is 318 g/mol. The van der Waals surface area contributed by atoms with Gasteiger partial charge in [-0.15, -0.1) is 0 Å². The molecule has 0 saturated carbocycles. The maximum atomic E-state index is 12.7. The van der Waals surface area contributed by atoms with E-state index < -0.39 is 6.09 Å². The van der Waals surface area contributed by atoms with Crippen LogP contribution in [0.15, 0.2) is 48.5 Å². The summed E-state index contributed by atoms with van der Waals surface area (Å²) in [7, 11) is 0. The largest absolute Gasteiger partial charge is 0.465 e. The van der Waals surface area contributed by atoms with Gasteiger partial charge in [-0.2, -0.15) is 0 Å². The minimum Gasteiger partial charge on any atom is -0.465 e. The Morgan fingerprint density at radius 2 is 1.68 bits per heavy atom. The average Bonchev–Trinajstić information content (AvgIpc) is 3.15. The smallest absolute Gasteiger partial charge is 0.404 e. The molecule has 0 spiro atoms. The standard InChI is InChI=1S/C19H21N3O3/c23-18(16-5-1-2-6-17(16)22-11-3-4-12-22)21-15-9-7-14(8-10-15)13-20-19(24)25/h1-2,5-10,20H,3-4,11-13H2,(H,21,23)(H,24,25). The first-order chi connectivity index (χ1) is 12.1. The highest BCUT2D eigenvalue weighted by atomic mass is 16.4. The molecule has 25 heavy (non-hydrogen) atoms. The van der Waals surface area contributed by atoms with Crippen LogP contribution in [-0.2, 0) is 6.54 Å². The molecule has 1 fully saturated rings. The first kappa shape index (κ1) is 16.8. The van der Waals surface area contributed by atoms with E-state index in [1.807, 2.05) is 24.3 Å². The van der Waals surface area contributed by atoms with Crippen LogP contribution in [-0.4, -0.2) is 30.2 Å². The van der Waals surface area contributed by atoms with Crippen molar-refractivity contribution in [1.29, 1.82) is 0 Å². The van der Waals surface area contributed by atoms with Crippen molar-refractivity contribution in [1.82, 2.24) is 5.32 Å². The van der Waals surface area contributed by atoms with Gasteiger partial charge in [0.05, 0.1) is 5.56 Å². The molecule has 0 atom stereocenters. The number of carboxylic acid groups (broad SMARTS) is 1. The normalized spacial score (nSPS) is 13.5. The van der Waals surface area contributed by atoms with Gasteiger partial charge in [0.25, 0.3) is 5.91 Å². The van der Waals surface area contributed by atoms with Gasteiger partial charge in [0, 0.05) is 31.0 Å². The molecule has 2 aromatic carbocycles. The van der Waals surface area contributed by atoms with Crippen LogP contribution in [0.4, 0.5) is 16.2 Å². The lowest BCUT2D eigenvalue weighted by atomic mass is 10.1. The van der Waals surface area contributed by atoms with E-state index in [0.29, 0.717) is 11.3 Å². The average molecular weight is 339 g/mol. The van der Waals surface area contributed by atoms with E-state index in [1.54, 1.807) is 24.3 Å². The number of carbonyl (C=O) groups excluding carboxylic acids is 1. The van der Waals surface area contributed by atoms with Crippen LogP contribution >= 0.6 is 0 Å². The SMILES string of the molecule is O=C(O)NCc1ccc(NC(=O)c2ccccc2N2CCCC2)cc1. The first-order valence-electron chi connectivity index (χ1n) is 8.34. The molecule has 1 heterocycles. The molecule has 3 rings (SSSR count). The predicted octanol–water partition coefficient (Wildman–Crippen LogP) is 3.31. The Balaban J connectivity index is 1.69. The van der Waals surface area contributed by atoms with Crippen LogP contribution < -0.4 is 15.5 Å². The van der Waals surface area contributed by atoms with Crippen molar-refractivity contribution in [2.24, 2.45) is 0 Å². The molecule has 0 aromatic heterocycles. The number of hydrogen-bond acceptors (Lipinski definition) is 3. The molecule has 0 unspecified atom stereocenters. The quantitative estimate of drug-likeness (QED) is 0.780. The van der Waals surface area contributed by atoms with E-state index in [9.17, 15) is 9.59 Å². The Morgan fingerprint density at radius 3 is 2.36 bits per heavy atom. The van der Waals surface area contributed by atoms with E-state index in [1.165, 1.54) is 0 Å². The highest BCUT2D eigenvalue weighted by Gasteiger charge is 2.19. The van der Waals surface area contributed by atoms with E-state index in [-0.39, 0.29) is 12.5 Å². The second-order valence-corrected chi connectivity index (χ2v) is 6.02. The van der Waals surface area contributed by atoms with Gasteiger partial charge in [-0.25, -0.2) is 4.79 Å². The van der Waals surface area contributed by atoms with Gasteiger partial charge >= 0.3 is 6.09 Å². The third kappa shape index (κ3) is 4.29. The molecule has 6 nitrogen and oxygen atoms in total. The fraction of sp³-hybridized carbons (Fsp3) is 0.263. The third-order valence-corrected chi connectivity index (χ3v) is 4.25. The number of rotatable bonds is 5. The minimum absolute atomic E-state index is 0.140. The second kappa shape index (κ2) is 7.70. The fourth-order valence-electron chi connectivity index (χ4n) is 2.98. The van der Waals surface area contributed by atoms with Crippen molar-refractivity contribution < 1.29 is 14.7 Å². The maximum absolute atomic E-state index is 12.7. The molecule has 0 bridgehead atoms. The zero-order chi connectivity index (χ0) is 17.6. The van der Waals surface area contributed by atoms with E-state index in [0.717, 1.165) is 37.2 Å². The van der Waals surface area contributed by atoms with Gasteiger partial charge < -0.3 is 20.6 Å². The molecule has 3 N–H and O–H groups in total. The molecule has 1 saturated heterocycles. The van der Waals surface area contributed by atoms with Crippen molar-refractivity contribution in [3.05, 3.63) is 59.7 Å². The number of nitrogens with zero attached hydrogens (tertiary/aromatic N) is 1. The number of anilines is 2. The Bertz CT molecular complexity index is 753. The maximum Gasteiger partial charge on any atom is 0.404 e. The minimum atomic E-state index is -1.06. The van der Waals surface area contributed by atoms with Gasteiger partial charge in [0.1, 0.15) is 0 Å². The van der Waals surface area contributed by atoms with Crippen LogP contribution in [0, 0.1) is 0 Å². The Hall–Kier alpha value is -3.02. The van der Waals surface area contributed by atoms with E-state index in [4.69, 9.17) is 5.11 Å². The number of nitrogens with one attached hydrogen (secondary N) is 2. The summed E-state index contributed by atoms with van der Waals surface area (Å²) in [5.41, 5.74) is 3.15. The molecule has 6 heteroatoms. The highest BCUT2D eigenvalue weighted by Crippen LogP contribution is 2.25. The Labute approximate surface area is 146 Å². The van der Waals surface area contributed by atoms with Crippen molar-refractivity contribution in [3.8, 4) is 0 Å². The van der Waals surface area contributed by atoms with Crippen molar-refractivity contribution in [2.75, 3.05) is 23.3 Å². The first-order valence-corrected chi connectivity index (χ1v) is 8.34. The highest BCUT2D eigenvalue weighted by molar-refractivity contribution is 6.08. The van der Waals surface area contributed by atoms with Crippen LogP contribution in [0.25, 0.3) is 0 Å². The summed E-state index contributed by atoms with van der Waals surface area (Å²) in [6, 6.07) is 14.8. The number of benzene rings is 2. The summed E-state index contributed by atoms with van der Waals surface area (Å²) in [6.45, 7) is 2.20. The lowest BCUT2D eigenvalue weighted by molar-refractivity contribution is 0.102. The van der Waals surface area contributed by atoms with Crippen molar-refractivity contribution in [2.45, 2.75) is 19.4 Å². The molecule has 2 amide bonds. The molecule has 1 aliphatic heterocycles. The lowest BCUT2D eigenvalue weighted by Crippen LogP contribution is -2.22. The molecule has 0 radical (unpaired) electrons. The molecular formula is C19H21N3O3. The summed E-state index contributed by atoms with van der Waals surface area (Å²) in [6.07, 6.45) is 1.25. The monoisotopic (exact) mass is 339 g/mol. The van der Waals surface area contributed by atoms with Gasteiger partial charge in [-0.1, -0.05) is 24.3 Å². The third-order valence-electron chi connectivity index (χ3n) is 4.25. The second-order valence-electron chi connectivity index (χ2n) is 6.02. The lowest BCUT2D eigenvalue weighted by Gasteiger charge is -2.20. The number of para-hydroxylation sites is 1. The van der Waals surface area contributed by atoms with Crippen LogP contribution in [0.2, 0.25) is 0 Å². The number of amides is 2. The summed E-state index contributed by atoms with van der Waals surface area (Å²) < 4.78 is 0. The summed E-state index contributed by atoms with van der Waals surface area (Å²) in [4.78, 5) is 25.4. The van der Waals surface area contributed by atoms with Crippen LogP contribution in [0.3, 0.4) is 0 Å². The van der Waals surface area contributed by atoms with Gasteiger partial charge in [0.15, 0.2) is 0 Å². The zero-order valence-electron chi connectivity index (χ0n) is 13.9. The van der Waals surface area contributed by atoms with Crippen LogP contribution in [0.1, 0.15) is 28.8 Å². The van der Waals surface area contributed by atoms with Crippen molar-refractivity contribution in [3.63, 3.8) is 0 Å². The van der Waals surface area contributed by atoms with Crippen LogP contribution in [0.5, 0.6) is 0 Å². The Morgan fingerprint density at radius 1 is 1.00 bits per heavy atom. The Kier molecular flexibility index (Phi) is 5.18.